The predicted molar refractivity (Wildman–Crippen MR) is 90.0 cm³/mol. The second-order valence-corrected chi connectivity index (χ2v) is 6.41. The number of amides is 1. The number of hydrogen-bond acceptors (Lipinski definition) is 2. The minimum Gasteiger partial charge on any atom is -0.343 e. The van der Waals surface area contributed by atoms with E-state index >= 15 is 0 Å². The van der Waals surface area contributed by atoms with Crippen LogP contribution in [-0.2, 0) is 10.2 Å². The first-order valence-corrected chi connectivity index (χ1v) is 7.52. The number of carbonyl (C=O) groups excluding carboxylic acids is 1. The summed E-state index contributed by atoms with van der Waals surface area (Å²) in [6.45, 7) is 6.34. The van der Waals surface area contributed by atoms with E-state index in [0.717, 1.165) is 25.9 Å². The zero-order valence-electron chi connectivity index (χ0n) is 13.3. The smallest absolute Gasteiger partial charge is 0.223 e. The summed E-state index contributed by atoms with van der Waals surface area (Å²) < 4.78 is 0. The van der Waals surface area contributed by atoms with Crippen LogP contribution < -0.4 is 5.32 Å². The van der Waals surface area contributed by atoms with Gasteiger partial charge < -0.3 is 10.2 Å². The van der Waals surface area contributed by atoms with Crippen molar-refractivity contribution in [3.05, 3.63) is 35.9 Å². The van der Waals surface area contributed by atoms with Crippen molar-refractivity contribution in [2.24, 2.45) is 0 Å². The fourth-order valence-corrected chi connectivity index (χ4v) is 2.89. The van der Waals surface area contributed by atoms with E-state index in [2.05, 4.69) is 31.3 Å². The molecule has 118 valence electrons. The molecule has 1 aliphatic heterocycles. The third kappa shape index (κ3) is 4.72. The summed E-state index contributed by atoms with van der Waals surface area (Å²) in [5.41, 5.74) is 1.12. The van der Waals surface area contributed by atoms with Gasteiger partial charge in [0.2, 0.25) is 5.91 Å². The zero-order chi connectivity index (χ0) is 14.6. The molecule has 2 rings (SSSR count). The first-order chi connectivity index (χ1) is 9.50. The summed E-state index contributed by atoms with van der Waals surface area (Å²) in [7, 11) is 1.96. The van der Waals surface area contributed by atoms with Gasteiger partial charge in [-0.05, 0) is 36.9 Å². The quantitative estimate of drug-likeness (QED) is 0.927. The molecule has 0 atom stereocenters. The van der Waals surface area contributed by atoms with Gasteiger partial charge in [-0.1, -0.05) is 44.2 Å². The molecule has 0 bridgehead atoms. The highest BCUT2D eigenvalue weighted by molar-refractivity contribution is 5.85. The number of nitrogens with one attached hydrogen (secondary N) is 1. The van der Waals surface area contributed by atoms with Gasteiger partial charge in [-0.2, -0.15) is 0 Å². The lowest BCUT2D eigenvalue weighted by Gasteiger charge is -2.34. The molecule has 0 aliphatic carbocycles. The third-order valence-electron chi connectivity index (χ3n) is 4.40. The van der Waals surface area contributed by atoms with Crippen LogP contribution in [0.4, 0.5) is 0 Å². The number of carbonyl (C=O) groups is 1. The molecule has 0 spiro atoms. The molecular formula is C17H27ClN2O. The number of nitrogens with zero attached hydrogens (tertiary/aromatic N) is 1. The van der Waals surface area contributed by atoms with Crippen LogP contribution in [-0.4, -0.2) is 37.0 Å². The molecule has 1 amide bonds. The van der Waals surface area contributed by atoms with Crippen molar-refractivity contribution >= 4 is 18.3 Å². The third-order valence-corrected chi connectivity index (χ3v) is 4.40. The van der Waals surface area contributed by atoms with Crippen molar-refractivity contribution in [1.29, 1.82) is 0 Å². The summed E-state index contributed by atoms with van der Waals surface area (Å²) in [5.74, 6) is 0.255. The average molecular weight is 311 g/mol. The summed E-state index contributed by atoms with van der Waals surface area (Å²) >= 11 is 0. The van der Waals surface area contributed by atoms with Crippen LogP contribution in [0.3, 0.4) is 0 Å². The minimum atomic E-state index is -0.112. The van der Waals surface area contributed by atoms with E-state index in [4.69, 9.17) is 0 Å². The Labute approximate surface area is 134 Å². The Kier molecular flexibility index (Phi) is 6.69. The van der Waals surface area contributed by atoms with Gasteiger partial charge in [0.15, 0.2) is 0 Å². The van der Waals surface area contributed by atoms with E-state index in [1.54, 1.807) is 0 Å². The van der Waals surface area contributed by atoms with Crippen molar-refractivity contribution < 1.29 is 4.79 Å². The molecule has 21 heavy (non-hydrogen) atoms. The van der Waals surface area contributed by atoms with Gasteiger partial charge in [-0.25, -0.2) is 0 Å². The average Bonchev–Trinajstić information content (AvgIpc) is 2.48. The monoisotopic (exact) mass is 310 g/mol. The molecule has 1 fully saturated rings. The number of benzene rings is 1. The lowest BCUT2D eigenvalue weighted by atomic mass is 9.81. The first-order valence-electron chi connectivity index (χ1n) is 7.52. The van der Waals surface area contributed by atoms with Crippen molar-refractivity contribution in [2.45, 2.75) is 44.6 Å². The topological polar surface area (TPSA) is 32.3 Å². The van der Waals surface area contributed by atoms with E-state index in [-0.39, 0.29) is 23.7 Å². The Morgan fingerprint density at radius 3 is 2.38 bits per heavy atom. The van der Waals surface area contributed by atoms with Crippen LogP contribution in [0, 0.1) is 0 Å². The summed E-state index contributed by atoms with van der Waals surface area (Å²) in [6.07, 6.45) is 2.69. The molecule has 1 aliphatic rings. The van der Waals surface area contributed by atoms with Crippen LogP contribution in [0.2, 0.25) is 0 Å². The number of rotatable bonds is 4. The van der Waals surface area contributed by atoms with E-state index in [1.165, 1.54) is 5.56 Å². The van der Waals surface area contributed by atoms with Gasteiger partial charge in [0, 0.05) is 19.5 Å². The van der Waals surface area contributed by atoms with Crippen molar-refractivity contribution in [1.82, 2.24) is 10.2 Å². The van der Waals surface area contributed by atoms with Gasteiger partial charge in [-0.3, -0.25) is 4.79 Å². The van der Waals surface area contributed by atoms with Gasteiger partial charge >= 0.3 is 0 Å². The van der Waals surface area contributed by atoms with Crippen LogP contribution >= 0.6 is 12.4 Å². The Bertz CT molecular complexity index is 441. The maximum atomic E-state index is 12.5. The molecule has 1 N–H and O–H groups in total. The fraction of sp³-hybridized carbons (Fsp3) is 0.588. The highest BCUT2D eigenvalue weighted by Crippen LogP contribution is 2.28. The molecule has 1 aromatic carbocycles. The van der Waals surface area contributed by atoms with Crippen LogP contribution in [0.15, 0.2) is 30.3 Å². The van der Waals surface area contributed by atoms with Crippen LogP contribution in [0.25, 0.3) is 0 Å². The maximum Gasteiger partial charge on any atom is 0.223 e. The standard InChI is InChI=1S/C17H26N2O.ClH/c1-17(2,14-7-5-4-6-8-14)13-16(20)19(3)15-9-11-18-12-10-15;/h4-8,15,18H,9-13H2,1-3H3;1H. The second kappa shape index (κ2) is 7.81. The number of piperidine rings is 1. The Balaban J connectivity index is 0.00000220. The molecule has 0 radical (unpaired) electrons. The Morgan fingerprint density at radius 1 is 1.24 bits per heavy atom. The Hall–Kier alpha value is -1.06. The highest BCUT2D eigenvalue weighted by atomic mass is 35.5. The summed E-state index contributed by atoms with van der Waals surface area (Å²) in [4.78, 5) is 14.5. The van der Waals surface area contributed by atoms with Gasteiger partial charge in [-0.15, -0.1) is 12.4 Å². The molecule has 1 aromatic rings. The molecule has 1 heterocycles. The molecular weight excluding hydrogens is 284 g/mol. The normalized spacial score (nSPS) is 16.1. The predicted octanol–water partition coefficient (Wildman–Crippen LogP) is 2.99. The summed E-state index contributed by atoms with van der Waals surface area (Å²) in [5, 5.41) is 3.34. The van der Waals surface area contributed by atoms with E-state index in [0.29, 0.717) is 12.5 Å². The molecule has 3 nitrogen and oxygen atoms in total. The lowest BCUT2D eigenvalue weighted by molar-refractivity contribution is -0.133. The van der Waals surface area contributed by atoms with Gasteiger partial charge in [0.1, 0.15) is 0 Å². The second-order valence-electron chi connectivity index (χ2n) is 6.41. The minimum absolute atomic E-state index is 0. The maximum absolute atomic E-state index is 12.5. The van der Waals surface area contributed by atoms with Crippen LogP contribution in [0.5, 0.6) is 0 Å². The SMILES string of the molecule is CN(C(=O)CC(C)(C)c1ccccc1)C1CCNCC1.Cl. The number of halogens is 1. The van der Waals surface area contributed by atoms with E-state index in [1.807, 2.05) is 30.1 Å². The molecule has 4 heteroatoms. The van der Waals surface area contributed by atoms with E-state index in [9.17, 15) is 4.79 Å². The highest BCUT2D eigenvalue weighted by Gasteiger charge is 2.28. The van der Waals surface area contributed by atoms with Gasteiger partial charge in [0.25, 0.3) is 0 Å². The van der Waals surface area contributed by atoms with Crippen LogP contribution in [0.1, 0.15) is 38.7 Å². The molecule has 1 saturated heterocycles. The van der Waals surface area contributed by atoms with Crippen molar-refractivity contribution in [3.63, 3.8) is 0 Å². The molecule has 0 aromatic heterocycles. The molecule has 0 saturated carbocycles. The fourth-order valence-electron chi connectivity index (χ4n) is 2.89. The van der Waals surface area contributed by atoms with Gasteiger partial charge in [0.05, 0.1) is 0 Å². The first kappa shape index (κ1) is 18.0. The number of hydrogen-bond donors (Lipinski definition) is 1. The van der Waals surface area contributed by atoms with E-state index < -0.39 is 0 Å². The lowest BCUT2D eigenvalue weighted by Crippen LogP contribution is -2.45. The zero-order valence-corrected chi connectivity index (χ0v) is 14.1. The van der Waals surface area contributed by atoms with Crippen molar-refractivity contribution in [3.8, 4) is 0 Å². The van der Waals surface area contributed by atoms with Crippen molar-refractivity contribution in [2.75, 3.05) is 20.1 Å². The summed E-state index contributed by atoms with van der Waals surface area (Å²) in [6, 6.07) is 10.7. The molecule has 0 unspecified atom stereocenters. The Morgan fingerprint density at radius 2 is 1.81 bits per heavy atom. The largest absolute Gasteiger partial charge is 0.343 e.